The highest BCUT2D eigenvalue weighted by Crippen LogP contribution is 2.36. The molecule has 0 bridgehead atoms. The Morgan fingerprint density at radius 3 is 2.27 bits per heavy atom. The van der Waals surface area contributed by atoms with Crippen LogP contribution in [0.1, 0.15) is 5.56 Å². The Hall–Kier alpha value is -1.36. The maximum atomic E-state index is 5.36. The van der Waals surface area contributed by atoms with Gasteiger partial charge < -0.3 is 26.8 Å². The molecule has 22 heavy (non-hydrogen) atoms. The highest BCUT2D eigenvalue weighted by Gasteiger charge is 2.08. The van der Waals surface area contributed by atoms with Gasteiger partial charge in [-0.3, -0.25) is 0 Å². The van der Waals surface area contributed by atoms with Gasteiger partial charge in [0.05, 0.1) is 14.2 Å². The Kier molecular flexibility index (Phi) is 7.59. The average molecular weight is 339 g/mol. The van der Waals surface area contributed by atoms with Crippen LogP contribution in [0.2, 0.25) is 0 Å². The smallest absolute Gasteiger partial charge is 0.161 e. The van der Waals surface area contributed by atoms with Crippen molar-refractivity contribution in [2.75, 3.05) is 28.3 Å². The molecule has 0 aliphatic rings. The third-order valence-electron chi connectivity index (χ3n) is 3.04. The van der Waals surface area contributed by atoms with Gasteiger partial charge in [0.25, 0.3) is 0 Å². The standard InChI is InChI=1S/C17H21NO2S.ClH/c1-18(2)12-13-7-5-6-8-17(13)21-14-9-10-15(19-3)16(11-14)20-4;/h5-11H,12H2,1-4H3;1H/p-1. The lowest BCUT2D eigenvalue weighted by atomic mass is 10.2. The predicted octanol–water partition coefficient (Wildman–Crippen LogP) is 0.921. The minimum atomic E-state index is 0. The van der Waals surface area contributed by atoms with Crippen LogP contribution in [0.4, 0.5) is 0 Å². The Morgan fingerprint density at radius 1 is 0.955 bits per heavy atom. The molecule has 0 saturated carbocycles. The summed E-state index contributed by atoms with van der Waals surface area (Å²) in [7, 11) is 7.47. The third kappa shape index (κ3) is 4.83. The van der Waals surface area contributed by atoms with Gasteiger partial charge in [-0.05, 0) is 43.9 Å². The van der Waals surface area contributed by atoms with E-state index in [4.69, 9.17) is 9.47 Å². The number of rotatable bonds is 6. The SMILES string of the molecule is COc1ccc(Sc2ccccc2CN(C)C)cc1OC.[Cl-]. The zero-order valence-electron chi connectivity index (χ0n) is 13.3. The van der Waals surface area contributed by atoms with Gasteiger partial charge in [-0.2, -0.15) is 0 Å². The quantitative estimate of drug-likeness (QED) is 0.781. The average Bonchev–Trinajstić information content (AvgIpc) is 2.48. The second-order valence-electron chi connectivity index (χ2n) is 4.96. The molecule has 0 aromatic heterocycles. The topological polar surface area (TPSA) is 21.7 Å². The monoisotopic (exact) mass is 338 g/mol. The lowest BCUT2D eigenvalue weighted by Gasteiger charge is -2.14. The summed E-state index contributed by atoms with van der Waals surface area (Å²) in [6.45, 7) is 0.927. The fraction of sp³-hybridized carbons (Fsp3) is 0.294. The lowest BCUT2D eigenvalue weighted by Crippen LogP contribution is -3.00. The van der Waals surface area contributed by atoms with Crippen LogP contribution in [0.25, 0.3) is 0 Å². The Morgan fingerprint density at radius 2 is 1.64 bits per heavy atom. The van der Waals surface area contributed by atoms with Crippen LogP contribution in [0.15, 0.2) is 52.3 Å². The number of hydrogen-bond acceptors (Lipinski definition) is 4. The first-order valence-electron chi connectivity index (χ1n) is 6.76. The van der Waals surface area contributed by atoms with E-state index in [0.717, 1.165) is 22.9 Å². The summed E-state index contributed by atoms with van der Waals surface area (Å²) >= 11 is 1.74. The number of methoxy groups -OCH3 is 2. The molecule has 0 N–H and O–H groups in total. The molecule has 0 unspecified atom stereocenters. The minimum Gasteiger partial charge on any atom is -1.00 e. The van der Waals surface area contributed by atoms with Crippen molar-refractivity contribution in [1.82, 2.24) is 4.90 Å². The molecule has 2 aromatic carbocycles. The van der Waals surface area contributed by atoms with Gasteiger partial charge in [-0.15, -0.1) is 0 Å². The summed E-state index contributed by atoms with van der Waals surface area (Å²) in [6, 6.07) is 14.5. The molecule has 0 fully saturated rings. The number of nitrogens with zero attached hydrogens (tertiary/aromatic N) is 1. The van der Waals surface area contributed by atoms with E-state index in [1.807, 2.05) is 12.1 Å². The van der Waals surface area contributed by atoms with E-state index in [2.05, 4.69) is 49.3 Å². The van der Waals surface area contributed by atoms with Crippen molar-refractivity contribution >= 4 is 11.8 Å². The molecule has 0 heterocycles. The highest BCUT2D eigenvalue weighted by atomic mass is 35.5. The van der Waals surface area contributed by atoms with Crippen molar-refractivity contribution in [3.63, 3.8) is 0 Å². The van der Waals surface area contributed by atoms with Crippen molar-refractivity contribution < 1.29 is 21.9 Å². The van der Waals surface area contributed by atoms with Gasteiger partial charge in [-0.25, -0.2) is 0 Å². The van der Waals surface area contributed by atoms with E-state index in [-0.39, 0.29) is 12.4 Å². The molecule has 2 aromatic rings. The molecule has 5 heteroatoms. The van der Waals surface area contributed by atoms with Gasteiger partial charge >= 0.3 is 0 Å². The fourth-order valence-corrected chi connectivity index (χ4v) is 3.05. The molecule has 0 radical (unpaired) electrons. The van der Waals surface area contributed by atoms with Crippen LogP contribution in [-0.4, -0.2) is 33.2 Å². The van der Waals surface area contributed by atoms with Crippen LogP contribution in [0.3, 0.4) is 0 Å². The summed E-state index contributed by atoms with van der Waals surface area (Å²) in [5, 5.41) is 0. The van der Waals surface area contributed by atoms with Gasteiger partial charge in [0.1, 0.15) is 0 Å². The molecular weight excluding hydrogens is 318 g/mol. The van der Waals surface area contributed by atoms with E-state index in [9.17, 15) is 0 Å². The fourth-order valence-electron chi connectivity index (χ4n) is 2.08. The van der Waals surface area contributed by atoms with Crippen molar-refractivity contribution in [2.24, 2.45) is 0 Å². The summed E-state index contributed by atoms with van der Waals surface area (Å²) in [5.74, 6) is 1.51. The number of halogens is 1. The first-order chi connectivity index (χ1) is 10.1. The van der Waals surface area contributed by atoms with Crippen LogP contribution in [0, 0.1) is 0 Å². The zero-order valence-corrected chi connectivity index (χ0v) is 14.9. The molecule has 120 valence electrons. The predicted molar refractivity (Wildman–Crippen MR) is 87.5 cm³/mol. The molecule has 0 atom stereocenters. The molecule has 0 amide bonds. The van der Waals surface area contributed by atoms with Crippen molar-refractivity contribution in [3.05, 3.63) is 48.0 Å². The molecular formula is C17H21ClNO2S-. The number of benzene rings is 2. The molecule has 0 saturated heterocycles. The van der Waals surface area contributed by atoms with Crippen LogP contribution in [0.5, 0.6) is 11.5 Å². The molecule has 0 aliphatic carbocycles. The van der Waals surface area contributed by atoms with Gasteiger partial charge in [0.2, 0.25) is 0 Å². The molecule has 3 nitrogen and oxygen atoms in total. The van der Waals surface area contributed by atoms with E-state index in [1.165, 1.54) is 10.5 Å². The van der Waals surface area contributed by atoms with Crippen LogP contribution >= 0.6 is 11.8 Å². The van der Waals surface area contributed by atoms with E-state index in [0.29, 0.717) is 0 Å². The minimum absolute atomic E-state index is 0. The molecule has 2 rings (SSSR count). The maximum Gasteiger partial charge on any atom is 0.161 e. The van der Waals surface area contributed by atoms with Crippen molar-refractivity contribution in [3.8, 4) is 11.5 Å². The summed E-state index contributed by atoms with van der Waals surface area (Å²) in [6.07, 6.45) is 0. The summed E-state index contributed by atoms with van der Waals surface area (Å²) < 4.78 is 10.6. The first kappa shape index (κ1) is 18.7. The van der Waals surface area contributed by atoms with Crippen LogP contribution in [-0.2, 0) is 6.54 Å². The van der Waals surface area contributed by atoms with Gasteiger partial charge in [0.15, 0.2) is 11.5 Å². The Bertz CT molecular complexity index is 605. The van der Waals surface area contributed by atoms with Gasteiger partial charge in [0, 0.05) is 16.3 Å². The second-order valence-corrected chi connectivity index (χ2v) is 6.08. The molecule has 0 aliphatic heterocycles. The first-order valence-corrected chi connectivity index (χ1v) is 7.58. The summed E-state index contributed by atoms with van der Waals surface area (Å²) in [5.41, 5.74) is 1.32. The second kappa shape index (κ2) is 8.93. The zero-order chi connectivity index (χ0) is 15.2. The van der Waals surface area contributed by atoms with E-state index >= 15 is 0 Å². The number of hydrogen-bond donors (Lipinski definition) is 0. The maximum absolute atomic E-state index is 5.36. The van der Waals surface area contributed by atoms with Crippen molar-refractivity contribution in [1.29, 1.82) is 0 Å². The third-order valence-corrected chi connectivity index (χ3v) is 4.15. The van der Waals surface area contributed by atoms with E-state index < -0.39 is 0 Å². The van der Waals surface area contributed by atoms with Crippen molar-refractivity contribution in [2.45, 2.75) is 16.3 Å². The number of ether oxygens (including phenoxy) is 2. The summed E-state index contributed by atoms with van der Waals surface area (Å²) in [4.78, 5) is 4.57. The molecule has 0 spiro atoms. The van der Waals surface area contributed by atoms with Gasteiger partial charge in [-0.1, -0.05) is 30.0 Å². The normalized spacial score (nSPS) is 10.2. The van der Waals surface area contributed by atoms with E-state index in [1.54, 1.807) is 26.0 Å². The lowest BCUT2D eigenvalue weighted by molar-refractivity contribution is -0.00000494. The Balaban J connectivity index is 0.00000242. The highest BCUT2D eigenvalue weighted by molar-refractivity contribution is 7.99. The largest absolute Gasteiger partial charge is 1.00 e. The Labute approximate surface area is 143 Å². The van der Waals surface area contributed by atoms with Crippen LogP contribution < -0.4 is 21.9 Å².